The van der Waals surface area contributed by atoms with Gasteiger partial charge in [-0.2, -0.15) is 0 Å². The first-order chi connectivity index (χ1) is 12.1. The molecule has 0 unspecified atom stereocenters. The van der Waals surface area contributed by atoms with Crippen LogP contribution in [0.1, 0.15) is 79.6 Å². The van der Waals surface area contributed by atoms with Crippen molar-refractivity contribution in [2.45, 2.75) is 64.8 Å². The van der Waals surface area contributed by atoms with Crippen LogP contribution in [0.5, 0.6) is 0 Å². The summed E-state index contributed by atoms with van der Waals surface area (Å²) >= 11 is 1.47. The molecule has 1 amide bonds. The fourth-order valence-electron chi connectivity index (χ4n) is 3.36. The minimum atomic E-state index is 0.0771. The number of carbonyl (C=O) groups excluding carboxylic acids is 1. The zero-order valence-electron chi connectivity index (χ0n) is 15.4. The average Bonchev–Trinajstić information content (AvgIpc) is 3.28. The Morgan fingerprint density at radius 3 is 3.00 bits per heavy atom. The number of thiazole rings is 1. The number of carbonyl (C=O) groups is 1. The molecule has 1 atom stereocenters. The molecule has 1 aliphatic heterocycles. The third kappa shape index (κ3) is 4.11. The molecule has 1 saturated heterocycles. The Morgan fingerprint density at radius 1 is 1.44 bits per heavy atom. The van der Waals surface area contributed by atoms with E-state index in [4.69, 9.17) is 0 Å². The van der Waals surface area contributed by atoms with Gasteiger partial charge in [0.1, 0.15) is 5.82 Å². The van der Waals surface area contributed by atoms with Crippen molar-refractivity contribution in [1.82, 2.24) is 19.4 Å². The predicted octanol–water partition coefficient (Wildman–Crippen LogP) is 4.28. The van der Waals surface area contributed by atoms with Gasteiger partial charge in [0.15, 0.2) is 5.01 Å². The molecule has 5 nitrogen and oxygen atoms in total. The molecule has 0 saturated carbocycles. The molecule has 2 aromatic rings. The van der Waals surface area contributed by atoms with Crippen LogP contribution in [0.25, 0.3) is 0 Å². The third-order valence-electron chi connectivity index (χ3n) is 4.87. The van der Waals surface area contributed by atoms with Gasteiger partial charge in [0.05, 0.1) is 5.69 Å². The van der Waals surface area contributed by atoms with Crippen LogP contribution < -0.4 is 0 Å². The summed E-state index contributed by atoms with van der Waals surface area (Å²) in [5, 5.41) is 2.63. The molecule has 0 aromatic carbocycles. The predicted molar refractivity (Wildman–Crippen MR) is 101 cm³/mol. The van der Waals surface area contributed by atoms with Crippen molar-refractivity contribution in [2.24, 2.45) is 0 Å². The Kier molecular flexibility index (Phi) is 5.89. The second-order valence-corrected chi connectivity index (χ2v) is 8.01. The highest BCUT2D eigenvalue weighted by Gasteiger charge is 2.29. The zero-order chi connectivity index (χ0) is 17.8. The molecule has 1 fully saturated rings. The number of piperidine rings is 1. The van der Waals surface area contributed by atoms with Crippen LogP contribution in [-0.4, -0.2) is 38.4 Å². The highest BCUT2D eigenvalue weighted by Crippen LogP contribution is 2.28. The van der Waals surface area contributed by atoms with Crippen molar-refractivity contribution < 1.29 is 4.79 Å². The van der Waals surface area contributed by atoms with Crippen molar-refractivity contribution in [3.8, 4) is 0 Å². The summed E-state index contributed by atoms with van der Waals surface area (Å²) in [5.74, 6) is 1.90. The Balaban J connectivity index is 1.70. The van der Waals surface area contributed by atoms with Crippen LogP contribution in [0.2, 0.25) is 0 Å². The maximum absolute atomic E-state index is 12.9. The number of nitrogens with zero attached hydrogens (tertiary/aromatic N) is 4. The second kappa shape index (κ2) is 8.13. The Labute approximate surface area is 154 Å². The summed E-state index contributed by atoms with van der Waals surface area (Å²) in [7, 11) is 0. The molecule has 3 rings (SSSR count). The number of aromatic nitrogens is 3. The lowest BCUT2D eigenvalue weighted by atomic mass is 9.97. The second-order valence-electron chi connectivity index (χ2n) is 7.15. The van der Waals surface area contributed by atoms with E-state index in [2.05, 4.69) is 41.5 Å². The molecule has 136 valence electrons. The molecule has 0 N–H and O–H groups in total. The quantitative estimate of drug-likeness (QED) is 0.772. The number of unbranched alkanes of at least 4 members (excludes halogenated alkanes) is 1. The van der Waals surface area contributed by atoms with E-state index >= 15 is 0 Å². The van der Waals surface area contributed by atoms with Gasteiger partial charge in [-0.15, -0.1) is 11.3 Å². The Hall–Kier alpha value is -1.69. The smallest absolute Gasteiger partial charge is 0.282 e. The van der Waals surface area contributed by atoms with Gasteiger partial charge in [-0.05, 0) is 25.2 Å². The average molecular weight is 361 g/mol. The maximum atomic E-state index is 12.9. The van der Waals surface area contributed by atoms with Crippen molar-refractivity contribution in [1.29, 1.82) is 0 Å². The van der Waals surface area contributed by atoms with E-state index in [0.29, 0.717) is 16.8 Å². The maximum Gasteiger partial charge on any atom is 0.282 e. The van der Waals surface area contributed by atoms with Gasteiger partial charge < -0.3 is 9.47 Å². The number of aryl methyl sites for hydroxylation is 1. The first kappa shape index (κ1) is 18.1. The highest BCUT2D eigenvalue weighted by molar-refractivity contribution is 7.11. The molecule has 0 radical (unpaired) electrons. The lowest BCUT2D eigenvalue weighted by molar-refractivity contribution is 0.0702. The molecular formula is C19H28N4OS. The van der Waals surface area contributed by atoms with Gasteiger partial charge in [-0.3, -0.25) is 4.79 Å². The number of hydrogen-bond donors (Lipinski definition) is 0. The SMILES string of the molecule is CCCCn1ccnc1[C@H]1CCCN(C(=O)c2nc(C(C)C)cs2)C1. The summed E-state index contributed by atoms with van der Waals surface area (Å²) in [6.45, 7) is 9.00. The van der Waals surface area contributed by atoms with Gasteiger partial charge in [0.25, 0.3) is 5.91 Å². The molecule has 25 heavy (non-hydrogen) atoms. The monoisotopic (exact) mass is 360 g/mol. The van der Waals surface area contributed by atoms with Crippen LogP contribution in [0.15, 0.2) is 17.8 Å². The standard InChI is InChI=1S/C19H28N4OS/c1-4-5-9-22-11-8-20-17(22)15-7-6-10-23(12-15)19(24)18-21-16(13-25-18)14(2)3/h8,11,13-15H,4-7,9-10,12H2,1-3H3/t15-/m0/s1. The zero-order valence-corrected chi connectivity index (χ0v) is 16.3. The summed E-state index contributed by atoms with van der Waals surface area (Å²) < 4.78 is 2.27. The van der Waals surface area contributed by atoms with E-state index in [1.807, 2.05) is 16.5 Å². The highest BCUT2D eigenvalue weighted by atomic mass is 32.1. The van der Waals surface area contributed by atoms with Gasteiger partial charge in [0.2, 0.25) is 0 Å². The number of imidazole rings is 1. The van der Waals surface area contributed by atoms with Gasteiger partial charge in [-0.25, -0.2) is 9.97 Å². The van der Waals surface area contributed by atoms with Crippen molar-refractivity contribution in [3.05, 3.63) is 34.3 Å². The lowest BCUT2D eigenvalue weighted by Crippen LogP contribution is -2.39. The summed E-state index contributed by atoms with van der Waals surface area (Å²) in [6.07, 6.45) is 8.43. The van der Waals surface area contributed by atoms with Gasteiger partial charge in [-0.1, -0.05) is 27.2 Å². The topological polar surface area (TPSA) is 51.0 Å². The molecule has 1 aliphatic rings. The van der Waals surface area contributed by atoms with E-state index < -0.39 is 0 Å². The molecule has 6 heteroatoms. The minimum Gasteiger partial charge on any atom is -0.336 e. The third-order valence-corrected chi connectivity index (χ3v) is 5.72. The van der Waals surface area contributed by atoms with Crippen LogP contribution in [0.4, 0.5) is 0 Å². The first-order valence-electron chi connectivity index (χ1n) is 9.35. The molecule has 3 heterocycles. The Morgan fingerprint density at radius 2 is 2.28 bits per heavy atom. The van der Waals surface area contributed by atoms with E-state index in [9.17, 15) is 4.79 Å². The van der Waals surface area contributed by atoms with E-state index in [0.717, 1.165) is 50.4 Å². The fraction of sp³-hybridized carbons (Fsp3) is 0.632. The Bertz CT molecular complexity index is 706. The van der Waals surface area contributed by atoms with Gasteiger partial charge in [0, 0.05) is 43.3 Å². The first-order valence-corrected chi connectivity index (χ1v) is 10.2. The lowest BCUT2D eigenvalue weighted by Gasteiger charge is -2.32. The summed E-state index contributed by atoms with van der Waals surface area (Å²) in [4.78, 5) is 24.0. The van der Waals surface area contributed by atoms with Crippen LogP contribution in [-0.2, 0) is 6.54 Å². The number of amides is 1. The number of likely N-dealkylation sites (tertiary alicyclic amines) is 1. The van der Waals surface area contributed by atoms with Crippen molar-refractivity contribution in [2.75, 3.05) is 13.1 Å². The normalized spacial score (nSPS) is 18.1. The molecule has 0 aliphatic carbocycles. The van der Waals surface area contributed by atoms with E-state index in [1.54, 1.807) is 0 Å². The minimum absolute atomic E-state index is 0.0771. The van der Waals surface area contributed by atoms with Crippen LogP contribution >= 0.6 is 11.3 Å². The van der Waals surface area contributed by atoms with Crippen LogP contribution in [0.3, 0.4) is 0 Å². The molecule has 2 aromatic heterocycles. The van der Waals surface area contributed by atoms with E-state index in [-0.39, 0.29) is 5.91 Å². The largest absolute Gasteiger partial charge is 0.336 e. The van der Waals surface area contributed by atoms with Crippen molar-refractivity contribution in [3.63, 3.8) is 0 Å². The molecule has 0 spiro atoms. The van der Waals surface area contributed by atoms with Crippen molar-refractivity contribution >= 4 is 17.2 Å². The number of rotatable bonds is 6. The fourth-order valence-corrected chi connectivity index (χ4v) is 4.30. The summed E-state index contributed by atoms with van der Waals surface area (Å²) in [5.41, 5.74) is 1.01. The van der Waals surface area contributed by atoms with Crippen LogP contribution in [0, 0.1) is 0 Å². The van der Waals surface area contributed by atoms with E-state index in [1.165, 1.54) is 17.8 Å². The summed E-state index contributed by atoms with van der Waals surface area (Å²) in [6, 6.07) is 0. The molecular weight excluding hydrogens is 332 g/mol. The molecule has 0 bridgehead atoms. The number of hydrogen-bond acceptors (Lipinski definition) is 4. The van der Waals surface area contributed by atoms with Gasteiger partial charge >= 0.3 is 0 Å².